The molecule has 1 aromatic rings. The number of ketones is 1. The van der Waals surface area contributed by atoms with E-state index in [4.69, 9.17) is 15.2 Å². The maximum Gasteiger partial charge on any atom is 0.176 e. The number of nitrogens with one attached hydrogen (secondary N) is 1. The number of ether oxygens (including phenoxy) is 2. The molecule has 0 aromatic carbocycles. The number of Topliss-reactive ketones (excluding diaryl/α,β-unsaturated/α-hetero) is 1. The molecule has 21 heavy (non-hydrogen) atoms. The fourth-order valence-electron chi connectivity index (χ4n) is 1.81. The summed E-state index contributed by atoms with van der Waals surface area (Å²) in [6, 6.07) is 0. The minimum Gasteiger partial charge on any atom is -0.492 e. The first-order chi connectivity index (χ1) is 10.0. The van der Waals surface area contributed by atoms with Crippen LogP contribution < -0.4 is 15.8 Å². The van der Waals surface area contributed by atoms with Crippen molar-refractivity contribution < 1.29 is 14.3 Å². The van der Waals surface area contributed by atoms with Gasteiger partial charge in [-0.2, -0.15) is 0 Å². The van der Waals surface area contributed by atoms with Gasteiger partial charge < -0.3 is 20.5 Å². The summed E-state index contributed by atoms with van der Waals surface area (Å²) in [4.78, 5) is 12.4. The lowest BCUT2D eigenvalue weighted by Crippen LogP contribution is -2.08. The maximum atomic E-state index is 11.8. The van der Waals surface area contributed by atoms with Crippen molar-refractivity contribution in [2.24, 2.45) is 5.92 Å². The van der Waals surface area contributed by atoms with E-state index in [0.29, 0.717) is 28.7 Å². The van der Waals surface area contributed by atoms with Crippen LogP contribution in [0.4, 0.5) is 10.7 Å². The Kier molecular flexibility index (Phi) is 7.53. The molecule has 3 N–H and O–H groups in total. The third kappa shape index (κ3) is 5.21. The van der Waals surface area contributed by atoms with Gasteiger partial charge in [-0.05, 0) is 12.3 Å². The molecule has 0 amide bonds. The van der Waals surface area contributed by atoms with Crippen LogP contribution in [0.25, 0.3) is 0 Å². The maximum absolute atomic E-state index is 11.8. The van der Waals surface area contributed by atoms with Gasteiger partial charge in [-0.1, -0.05) is 20.8 Å². The quantitative estimate of drug-likeness (QED) is 0.511. The molecule has 0 fully saturated rings. The molecule has 0 saturated carbocycles. The Labute approximate surface area is 130 Å². The van der Waals surface area contributed by atoms with Crippen LogP contribution in [-0.4, -0.2) is 32.7 Å². The predicted octanol–water partition coefficient (Wildman–Crippen LogP) is 3.41. The minimum absolute atomic E-state index is 0.0455. The van der Waals surface area contributed by atoms with Crippen LogP contribution in [0.1, 0.15) is 43.3 Å². The summed E-state index contributed by atoms with van der Waals surface area (Å²) in [6.07, 6.45) is 1.33. The average molecular weight is 314 g/mol. The number of anilines is 2. The Hall–Kier alpha value is -1.27. The Morgan fingerprint density at radius 3 is 2.71 bits per heavy atom. The Balaban J connectivity index is 2.53. The van der Waals surface area contributed by atoms with Gasteiger partial charge in [-0.25, -0.2) is 0 Å². The fourth-order valence-corrected chi connectivity index (χ4v) is 2.94. The van der Waals surface area contributed by atoms with Crippen LogP contribution in [-0.2, 0) is 4.74 Å². The number of carbonyl (C=O) groups excluding carboxylic acids is 1. The topological polar surface area (TPSA) is 73.6 Å². The highest BCUT2D eigenvalue weighted by atomic mass is 32.1. The smallest absolute Gasteiger partial charge is 0.176 e. The van der Waals surface area contributed by atoms with Crippen LogP contribution >= 0.6 is 11.3 Å². The van der Waals surface area contributed by atoms with E-state index in [9.17, 15) is 4.79 Å². The van der Waals surface area contributed by atoms with Crippen molar-refractivity contribution in [2.45, 2.75) is 33.6 Å². The van der Waals surface area contributed by atoms with Crippen molar-refractivity contribution in [3.05, 3.63) is 4.88 Å². The van der Waals surface area contributed by atoms with E-state index < -0.39 is 0 Å². The molecule has 1 aromatic heterocycles. The van der Waals surface area contributed by atoms with Crippen LogP contribution in [0.2, 0.25) is 0 Å². The summed E-state index contributed by atoms with van der Waals surface area (Å²) in [5.74, 6) is 1.17. The highest BCUT2D eigenvalue weighted by Gasteiger charge is 2.20. The van der Waals surface area contributed by atoms with Gasteiger partial charge in [-0.3, -0.25) is 4.79 Å². The second kappa shape index (κ2) is 8.89. The molecule has 0 radical (unpaired) electrons. The normalized spacial score (nSPS) is 10.9. The summed E-state index contributed by atoms with van der Waals surface area (Å²) in [6.45, 7) is 8.34. The van der Waals surface area contributed by atoms with Gasteiger partial charge in [0.1, 0.15) is 5.00 Å². The van der Waals surface area contributed by atoms with E-state index in [1.165, 1.54) is 11.3 Å². The first kappa shape index (κ1) is 17.8. The van der Waals surface area contributed by atoms with Crippen LogP contribution in [0.15, 0.2) is 0 Å². The third-order valence-electron chi connectivity index (χ3n) is 2.88. The number of nitrogen functional groups attached to an aromatic ring is 1. The van der Waals surface area contributed by atoms with E-state index in [2.05, 4.69) is 19.2 Å². The molecule has 0 spiro atoms. The number of rotatable bonds is 10. The number of carbonyl (C=O) groups is 1. The molecule has 120 valence electrons. The minimum atomic E-state index is 0.0455. The lowest BCUT2D eigenvalue weighted by atomic mass is 10.2. The van der Waals surface area contributed by atoms with Gasteiger partial charge in [0.15, 0.2) is 11.5 Å². The van der Waals surface area contributed by atoms with Gasteiger partial charge >= 0.3 is 0 Å². The fraction of sp³-hybridized carbons (Fsp3) is 0.667. The number of methoxy groups -OCH3 is 1. The molecule has 5 nitrogen and oxygen atoms in total. The number of nitrogens with two attached hydrogens (primary N) is 1. The van der Waals surface area contributed by atoms with Gasteiger partial charge in [0, 0.05) is 26.2 Å². The zero-order valence-corrected chi connectivity index (χ0v) is 14.1. The van der Waals surface area contributed by atoms with Crippen LogP contribution in [0.5, 0.6) is 5.75 Å². The monoisotopic (exact) mass is 314 g/mol. The first-order valence-corrected chi connectivity index (χ1v) is 8.13. The number of hydrogen-bond donors (Lipinski definition) is 2. The van der Waals surface area contributed by atoms with E-state index >= 15 is 0 Å². The number of thiophene rings is 1. The molecule has 0 aliphatic heterocycles. The zero-order chi connectivity index (χ0) is 15.8. The molecule has 6 heteroatoms. The highest BCUT2D eigenvalue weighted by molar-refractivity contribution is 7.19. The SMILES string of the molecule is CCC(=O)c1sc(NCCCOCC(C)C)c(OC)c1N. The van der Waals surface area contributed by atoms with Crippen molar-refractivity contribution >= 4 is 27.8 Å². The Morgan fingerprint density at radius 1 is 1.43 bits per heavy atom. The first-order valence-electron chi connectivity index (χ1n) is 7.32. The summed E-state index contributed by atoms with van der Waals surface area (Å²) in [5, 5.41) is 4.09. The van der Waals surface area contributed by atoms with E-state index in [-0.39, 0.29) is 5.78 Å². The molecule has 0 aliphatic carbocycles. The van der Waals surface area contributed by atoms with Crippen LogP contribution in [0, 0.1) is 5.92 Å². The molecule has 0 aliphatic rings. The van der Waals surface area contributed by atoms with Crippen molar-refractivity contribution in [2.75, 3.05) is 37.9 Å². The van der Waals surface area contributed by atoms with E-state index in [1.54, 1.807) is 7.11 Å². The molecule has 0 atom stereocenters. The summed E-state index contributed by atoms with van der Waals surface area (Å²) in [5.41, 5.74) is 6.41. The van der Waals surface area contributed by atoms with Gasteiger partial charge in [0.2, 0.25) is 0 Å². The van der Waals surface area contributed by atoms with Crippen molar-refractivity contribution in [3.8, 4) is 5.75 Å². The summed E-state index contributed by atoms with van der Waals surface area (Å²) in [7, 11) is 1.57. The van der Waals surface area contributed by atoms with Crippen molar-refractivity contribution in [3.63, 3.8) is 0 Å². The van der Waals surface area contributed by atoms with E-state index in [1.807, 2.05) is 6.92 Å². The molecule has 0 unspecified atom stereocenters. The lowest BCUT2D eigenvalue weighted by molar-refractivity contribution is 0.0992. The molecular weight excluding hydrogens is 288 g/mol. The Bertz CT molecular complexity index is 458. The molecule has 0 bridgehead atoms. The summed E-state index contributed by atoms with van der Waals surface area (Å²) < 4.78 is 10.8. The van der Waals surface area contributed by atoms with Crippen LogP contribution in [0.3, 0.4) is 0 Å². The molecule has 0 saturated heterocycles. The standard InChI is InChI=1S/C15H26N2O3S/c1-5-11(18)14-12(16)13(19-4)15(21-14)17-7-6-8-20-9-10(2)3/h10,17H,5-9,16H2,1-4H3. The second-order valence-corrected chi connectivity index (χ2v) is 6.25. The molecule has 1 heterocycles. The van der Waals surface area contributed by atoms with Gasteiger partial charge in [0.05, 0.1) is 17.7 Å². The van der Waals surface area contributed by atoms with Gasteiger partial charge in [-0.15, -0.1) is 11.3 Å². The zero-order valence-electron chi connectivity index (χ0n) is 13.3. The van der Waals surface area contributed by atoms with Crippen molar-refractivity contribution in [1.82, 2.24) is 0 Å². The predicted molar refractivity (Wildman–Crippen MR) is 88.7 cm³/mol. The molecular formula is C15H26N2O3S. The van der Waals surface area contributed by atoms with Crippen molar-refractivity contribution in [1.29, 1.82) is 0 Å². The third-order valence-corrected chi connectivity index (χ3v) is 4.07. The summed E-state index contributed by atoms with van der Waals surface area (Å²) >= 11 is 1.36. The Morgan fingerprint density at radius 2 is 2.14 bits per heavy atom. The highest BCUT2D eigenvalue weighted by Crippen LogP contribution is 2.42. The second-order valence-electron chi connectivity index (χ2n) is 5.23. The lowest BCUT2D eigenvalue weighted by Gasteiger charge is -2.08. The average Bonchev–Trinajstić information content (AvgIpc) is 2.77. The van der Waals surface area contributed by atoms with Gasteiger partial charge in [0.25, 0.3) is 0 Å². The largest absolute Gasteiger partial charge is 0.492 e. The number of hydrogen-bond acceptors (Lipinski definition) is 6. The molecule has 1 rings (SSSR count). The van der Waals surface area contributed by atoms with E-state index in [0.717, 1.165) is 31.2 Å².